The number of anilines is 1. The molecule has 0 spiro atoms. The van der Waals surface area contributed by atoms with Gasteiger partial charge in [-0.25, -0.2) is 0 Å². The highest BCUT2D eigenvalue weighted by molar-refractivity contribution is 6.17. The average molecular weight is 371 g/mol. The third-order valence-corrected chi connectivity index (χ3v) is 7.59. The second-order valence-electron chi connectivity index (χ2n) is 8.62. The molecule has 0 bridgehead atoms. The molecular formula is C21H29N3O3. The Labute approximate surface area is 161 Å². The normalized spacial score (nSPS) is 36.1. The van der Waals surface area contributed by atoms with E-state index in [1.165, 1.54) is 0 Å². The number of hydrogen-bond donors (Lipinski definition) is 0. The second kappa shape index (κ2) is 5.79. The van der Waals surface area contributed by atoms with E-state index in [0.29, 0.717) is 19.5 Å². The molecule has 1 saturated heterocycles. The molecule has 27 heavy (non-hydrogen) atoms. The lowest BCUT2D eigenvalue weighted by molar-refractivity contribution is -0.223. The van der Waals surface area contributed by atoms with Crippen LogP contribution in [0.5, 0.6) is 0 Å². The first kappa shape index (κ1) is 18.4. The summed E-state index contributed by atoms with van der Waals surface area (Å²) in [5.74, 6) is -0.152. The van der Waals surface area contributed by atoms with Crippen LogP contribution in [0.3, 0.4) is 0 Å². The molecule has 1 aromatic carbocycles. The molecule has 0 radical (unpaired) electrons. The van der Waals surface area contributed by atoms with Crippen molar-refractivity contribution in [3.05, 3.63) is 29.8 Å². The van der Waals surface area contributed by atoms with Crippen molar-refractivity contribution in [3.63, 3.8) is 0 Å². The zero-order valence-electron chi connectivity index (χ0n) is 16.9. The number of hydrogen-bond acceptors (Lipinski definition) is 4. The Bertz CT molecular complexity index is 804. The van der Waals surface area contributed by atoms with Gasteiger partial charge in [0.15, 0.2) is 0 Å². The minimum Gasteiger partial charge on any atom is -0.377 e. The van der Waals surface area contributed by atoms with Crippen LogP contribution in [0.4, 0.5) is 5.69 Å². The maximum absolute atomic E-state index is 13.8. The van der Waals surface area contributed by atoms with Gasteiger partial charge in [0.2, 0.25) is 11.8 Å². The first-order valence-electron chi connectivity index (χ1n) is 9.64. The van der Waals surface area contributed by atoms with Crippen LogP contribution in [0.25, 0.3) is 0 Å². The van der Waals surface area contributed by atoms with Gasteiger partial charge in [0.05, 0.1) is 5.60 Å². The summed E-state index contributed by atoms with van der Waals surface area (Å²) in [6, 6.07) is 7.91. The van der Waals surface area contributed by atoms with Gasteiger partial charge >= 0.3 is 0 Å². The maximum atomic E-state index is 13.8. The van der Waals surface area contributed by atoms with Crippen molar-refractivity contribution < 1.29 is 14.3 Å². The fourth-order valence-corrected chi connectivity index (χ4v) is 5.53. The zero-order valence-corrected chi connectivity index (χ0v) is 16.9. The summed E-state index contributed by atoms with van der Waals surface area (Å²) in [6.07, 6.45) is 0.412. The first-order chi connectivity index (χ1) is 12.7. The topological polar surface area (TPSA) is 53.1 Å². The smallest absolute Gasteiger partial charge is 0.243 e. The highest BCUT2D eigenvalue weighted by Gasteiger charge is 2.80. The Morgan fingerprint density at radius 3 is 2.33 bits per heavy atom. The fraction of sp³-hybridized carbons (Fsp3) is 0.619. The van der Waals surface area contributed by atoms with Crippen molar-refractivity contribution in [1.82, 2.24) is 9.80 Å². The lowest BCUT2D eigenvalue weighted by Crippen LogP contribution is -2.81. The number of nitrogens with zero attached hydrogens (tertiary/aromatic N) is 3. The van der Waals surface area contributed by atoms with Gasteiger partial charge in [-0.05, 0) is 25.6 Å². The van der Waals surface area contributed by atoms with Crippen molar-refractivity contribution in [2.75, 3.05) is 52.3 Å². The van der Waals surface area contributed by atoms with Gasteiger partial charge in [-0.1, -0.05) is 25.1 Å². The number of benzene rings is 1. The number of methoxy groups -OCH3 is 1. The number of carbonyl (C=O) groups excluding carboxylic acids is 2. The summed E-state index contributed by atoms with van der Waals surface area (Å²) in [5.41, 5.74) is -0.478. The van der Waals surface area contributed by atoms with Crippen LogP contribution in [-0.2, 0) is 19.7 Å². The number of rotatable bonds is 2. The van der Waals surface area contributed by atoms with Crippen LogP contribution in [0.15, 0.2) is 24.3 Å². The van der Waals surface area contributed by atoms with Crippen LogP contribution in [-0.4, -0.2) is 74.6 Å². The van der Waals surface area contributed by atoms with Gasteiger partial charge in [-0.3, -0.25) is 9.59 Å². The standard InChI is InChI=1S/C21H29N3O3/c1-19(27-5)14-21(18(26)24-12-10-22(3)11-13-24)17(25)23(4)16-9-7-6-8-15(16)20(19,21)2/h6-9H,10-14H2,1-5H3/t19?,20-,21-/m0/s1. The molecule has 2 fully saturated rings. The molecule has 1 unspecified atom stereocenters. The van der Waals surface area contributed by atoms with Crippen LogP contribution < -0.4 is 4.90 Å². The van der Waals surface area contributed by atoms with Gasteiger partial charge in [-0.15, -0.1) is 0 Å². The molecule has 146 valence electrons. The van der Waals surface area contributed by atoms with Crippen molar-refractivity contribution >= 4 is 17.5 Å². The average Bonchev–Trinajstić information content (AvgIpc) is 2.69. The number of carbonyl (C=O) groups is 2. The van der Waals surface area contributed by atoms with E-state index in [-0.39, 0.29) is 11.8 Å². The minimum atomic E-state index is -1.10. The van der Waals surface area contributed by atoms with E-state index in [1.807, 2.05) is 43.0 Å². The largest absolute Gasteiger partial charge is 0.377 e. The summed E-state index contributed by atoms with van der Waals surface area (Å²) in [6.45, 7) is 7.06. The van der Waals surface area contributed by atoms with E-state index >= 15 is 0 Å². The first-order valence-corrected chi connectivity index (χ1v) is 9.64. The van der Waals surface area contributed by atoms with Crippen molar-refractivity contribution in [2.24, 2.45) is 5.41 Å². The Balaban J connectivity index is 1.86. The predicted molar refractivity (Wildman–Crippen MR) is 104 cm³/mol. The Morgan fingerprint density at radius 2 is 1.70 bits per heavy atom. The second-order valence-corrected chi connectivity index (χ2v) is 8.62. The molecule has 1 saturated carbocycles. The van der Waals surface area contributed by atoms with Crippen molar-refractivity contribution in [2.45, 2.75) is 31.3 Å². The van der Waals surface area contributed by atoms with Crippen LogP contribution in [0.1, 0.15) is 25.8 Å². The monoisotopic (exact) mass is 371 g/mol. The number of para-hydroxylation sites is 1. The molecule has 2 heterocycles. The molecular weight excluding hydrogens is 342 g/mol. The third-order valence-electron chi connectivity index (χ3n) is 7.59. The van der Waals surface area contributed by atoms with Crippen LogP contribution >= 0.6 is 0 Å². The molecule has 1 aromatic rings. The van der Waals surface area contributed by atoms with E-state index in [0.717, 1.165) is 24.3 Å². The van der Waals surface area contributed by atoms with Crippen molar-refractivity contribution in [1.29, 1.82) is 0 Å². The Kier molecular flexibility index (Phi) is 3.95. The van der Waals surface area contributed by atoms with Crippen LogP contribution in [0, 0.1) is 5.41 Å². The number of amides is 2. The number of piperazine rings is 1. The molecule has 2 amide bonds. The molecule has 2 aliphatic heterocycles. The van der Waals surface area contributed by atoms with Gasteiger partial charge < -0.3 is 19.4 Å². The Hall–Kier alpha value is -1.92. The molecule has 0 N–H and O–H groups in total. The van der Waals surface area contributed by atoms with E-state index < -0.39 is 16.4 Å². The lowest BCUT2D eigenvalue weighted by Gasteiger charge is -2.69. The summed E-state index contributed by atoms with van der Waals surface area (Å²) in [7, 11) is 5.52. The number of likely N-dealkylation sites (N-methyl/N-ethyl adjacent to an activating group) is 1. The highest BCUT2D eigenvalue weighted by atomic mass is 16.5. The van der Waals surface area contributed by atoms with E-state index in [1.54, 1.807) is 19.1 Å². The Morgan fingerprint density at radius 1 is 1.07 bits per heavy atom. The van der Waals surface area contributed by atoms with Gasteiger partial charge in [0, 0.05) is 57.9 Å². The summed E-state index contributed by atoms with van der Waals surface area (Å²) in [5, 5.41) is 0. The fourth-order valence-electron chi connectivity index (χ4n) is 5.53. The zero-order chi connectivity index (χ0) is 19.6. The minimum absolute atomic E-state index is 0.0426. The van der Waals surface area contributed by atoms with Gasteiger partial charge in [0.25, 0.3) is 0 Å². The van der Waals surface area contributed by atoms with E-state index in [9.17, 15) is 9.59 Å². The molecule has 6 heteroatoms. The maximum Gasteiger partial charge on any atom is 0.243 e. The lowest BCUT2D eigenvalue weighted by atomic mass is 9.38. The molecule has 3 aliphatic rings. The molecule has 3 atom stereocenters. The van der Waals surface area contributed by atoms with Crippen LogP contribution in [0.2, 0.25) is 0 Å². The predicted octanol–water partition coefficient (Wildman–Crippen LogP) is 1.49. The summed E-state index contributed by atoms with van der Waals surface area (Å²) in [4.78, 5) is 33.2. The van der Waals surface area contributed by atoms with E-state index in [4.69, 9.17) is 4.74 Å². The number of fused-ring (bicyclic) bond motifs is 3. The molecule has 4 rings (SSSR count). The van der Waals surface area contributed by atoms with E-state index in [2.05, 4.69) is 11.9 Å². The highest BCUT2D eigenvalue weighted by Crippen LogP contribution is 2.69. The molecule has 6 nitrogen and oxygen atoms in total. The SMILES string of the molecule is COC1(C)C[C@@]2(C(=O)N3CCN(C)CC3)C(=O)N(C)c3ccccc3[C@@]12C. The summed E-state index contributed by atoms with van der Waals surface area (Å²) >= 11 is 0. The van der Waals surface area contributed by atoms with Gasteiger partial charge in [-0.2, -0.15) is 0 Å². The van der Waals surface area contributed by atoms with Gasteiger partial charge in [0.1, 0.15) is 5.41 Å². The number of ether oxygens (including phenoxy) is 1. The molecule has 0 aromatic heterocycles. The summed E-state index contributed by atoms with van der Waals surface area (Å²) < 4.78 is 5.92. The molecule has 1 aliphatic carbocycles. The quantitative estimate of drug-likeness (QED) is 0.739. The third kappa shape index (κ3) is 2.03. The van der Waals surface area contributed by atoms with Crippen molar-refractivity contribution in [3.8, 4) is 0 Å².